The molecular formula is C17H20N2O5S2. The summed E-state index contributed by atoms with van der Waals surface area (Å²) in [7, 11) is -3.89. The smallest absolute Gasteiger partial charge is 0.348 e. The molecule has 1 heterocycles. The quantitative estimate of drug-likeness (QED) is 0.727. The van der Waals surface area contributed by atoms with Crippen LogP contribution in [0.1, 0.15) is 32.6 Å². The van der Waals surface area contributed by atoms with Gasteiger partial charge in [-0.05, 0) is 49.6 Å². The minimum Gasteiger partial charge on any atom is -0.451 e. The third-order valence-electron chi connectivity index (χ3n) is 3.66. The molecule has 1 aromatic carbocycles. The molecule has 0 spiro atoms. The Kier molecular flexibility index (Phi) is 6.17. The maximum absolute atomic E-state index is 12.0. The Bertz CT molecular complexity index is 948. The second-order valence-electron chi connectivity index (χ2n) is 5.72. The van der Waals surface area contributed by atoms with E-state index in [0.29, 0.717) is 10.4 Å². The van der Waals surface area contributed by atoms with E-state index in [9.17, 15) is 18.0 Å². The van der Waals surface area contributed by atoms with Gasteiger partial charge in [0.05, 0.1) is 4.90 Å². The lowest BCUT2D eigenvalue weighted by Gasteiger charge is -2.09. The first-order valence-corrected chi connectivity index (χ1v) is 10.2. The van der Waals surface area contributed by atoms with Crippen LogP contribution in [0.5, 0.6) is 0 Å². The number of anilines is 1. The van der Waals surface area contributed by atoms with Crippen LogP contribution in [0.15, 0.2) is 29.2 Å². The average Bonchev–Trinajstić information content (AvgIpc) is 2.94. The summed E-state index contributed by atoms with van der Waals surface area (Å²) in [5, 5.41) is 7.62. The standard InChI is InChI=1S/C17H20N2O5S2/c1-4-13-11(3)7-14(25-13)17(21)24-9-16(20)19-12-6-5-10(2)15(8-12)26(18,22)23/h5-8H,4,9H2,1-3H3,(H,19,20)(H2,18,22,23). The van der Waals surface area contributed by atoms with Crippen LogP contribution < -0.4 is 10.5 Å². The highest BCUT2D eigenvalue weighted by Gasteiger charge is 2.16. The van der Waals surface area contributed by atoms with E-state index in [1.54, 1.807) is 19.1 Å². The van der Waals surface area contributed by atoms with Crippen molar-refractivity contribution in [3.63, 3.8) is 0 Å². The highest BCUT2D eigenvalue weighted by Crippen LogP contribution is 2.23. The normalized spacial score (nSPS) is 11.2. The molecule has 140 valence electrons. The Hall–Kier alpha value is -2.23. The number of rotatable bonds is 6. The molecule has 0 unspecified atom stereocenters. The van der Waals surface area contributed by atoms with Crippen molar-refractivity contribution < 1.29 is 22.7 Å². The fourth-order valence-electron chi connectivity index (χ4n) is 2.36. The molecule has 3 N–H and O–H groups in total. The number of benzene rings is 1. The number of nitrogens with two attached hydrogens (primary N) is 1. The summed E-state index contributed by atoms with van der Waals surface area (Å²) < 4.78 is 28.0. The Morgan fingerprint density at radius 3 is 2.46 bits per heavy atom. The number of primary sulfonamides is 1. The van der Waals surface area contributed by atoms with Gasteiger partial charge >= 0.3 is 5.97 Å². The molecule has 0 bridgehead atoms. The van der Waals surface area contributed by atoms with Gasteiger partial charge in [-0.25, -0.2) is 18.4 Å². The minimum atomic E-state index is -3.89. The summed E-state index contributed by atoms with van der Waals surface area (Å²) in [6.45, 7) is 5.04. The van der Waals surface area contributed by atoms with Gasteiger partial charge in [-0.3, -0.25) is 4.79 Å². The maximum atomic E-state index is 12.0. The van der Waals surface area contributed by atoms with Crippen molar-refractivity contribution >= 4 is 38.9 Å². The second-order valence-corrected chi connectivity index (χ2v) is 8.39. The molecule has 0 saturated carbocycles. The van der Waals surface area contributed by atoms with Crippen LogP contribution in [0.3, 0.4) is 0 Å². The summed E-state index contributed by atoms with van der Waals surface area (Å²) in [5.41, 5.74) is 1.74. The zero-order valence-electron chi connectivity index (χ0n) is 14.7. The number of ether oxygens (including phenoxy) is 1. The molecule has 2 rings (SSSR count). The molecule has 0 aliphatic heterocycles. The molecule has 0 fully saturated rings. The molecule has 0 aliphatic rings. The minimum absolute atomic E-state index is 0.0755. The molecule has 0 saturated heterocycles. The number of amides is 1. The predicted octanol–water partition coefficient (Wildman–Crippen LogP) is 2.37. The third-order valence-corrected chi connectivity index (χ3v) is 6.07. The third kappa shape index (κ3) is 4.90. The van der Waals surface area contributed by atoms with E-state index in [-0.39, 0.29) is 10.6 Å². The van der Waals surface area contributed by atoms with Crippen molar-refractivity contribution in [2.45, 2.75) is 32.1 Å². The molecular weight excluding hydrogens is 376 g/mol. The number of nitrogens with one attached hydrogen (secondary N) is 1. The molecule has 9 heteroatoms. The van der Waals surface area contributed by atoms with Crippen LogP contribution in [0, 0.1) is 13.8 Å². The lowest BCUT2D eigenvalue weighted by Crippen LogP contribution is -2.21. The molecule has 0 radical (unpaired) electrons. The van der Waals surface area contributed by atoms with Crippen LogP contribution in [-0.4, -0.2) is 26.9 Å². The molecule has 26 heavy (non-hydrogen) atoms. The Balaban J connectivity index is 2.00. The molecule has 1 amide bonds. The van der Waals surface area contributed by atoms with Crippen molar-refractivity contribution in [1.82, 2.24) is 0 Å². The van der Waals surface area contributed by atoms with E-state index in [1.165, 1.54) is 23.5 Å². The fraction of sp³-hybridized carbons (Fsp3) is 0.294. The highest BCUT2D eigenvalue weighted by atomic mass is 32.2. The summed E-state index contributed by atoms with van der Waals surface area (Å²) in [4.78, 5) is 25.4. The number of hydrogen-bond acceptors (Lipinski definition) is 6. The topological polar surface area (TPSA) is 116 Å². The summed E-state index contributed by atoms with van der Waals surface area (Å²) in [5.74, 6) is -1.14. The van der Waals surface area contributed by atoms with E-state index >= 15 is 0 Å². The Labute approximate surface area is 156 Å². The van der Waals surface area contributed by atoms with Gasteiger partial charge in [0.25, 0.3) is 5.91 Å². The van der Waals surface area contributed by atoms with Crippen molar-refractivity contribution in [3.05, 3.63) is 45.1 Å². The second kappa shape index (κ2) is 7.98. The van der Waals surface area contributed by atoms with Gasteiger partial charge in [-0.2, -0.15) is 0 Å². The number of esters is 1. The summed E-state index contributed by atoms with van der Waals surface area (Å²) in [6, 6.07) is 6.07. The first-order valence-electron chi connectivity index (χ1n) is 7.81. The molecule has 2 aromatic rings. The van der Waals surface area contributed by atoms with Crippen LogP contribution in [0.2, 0.25) is 0 Å². The summed E-state index contributed by atoms with van der Waals surface area (Å²) >= 11 is 1.34. The van der Waals surface area contributed by atoms with Gasteiger partial charge in [0.1, 0.15) is 4.88 Å². The van der Waals surface area contributed by atoms with Crippen LogP contribution in [0.25, 0.3) is 0 Å². The van der Waals surface area contributed by atoms with Gasteiger partial charge in [0.15, 0.2) is 6.61 Å². The van der Waals surface area contributed by atoms with Crippen molar-refractivity contribution in [3.8, 4) is 0 Å². The number of thiophene rings is 1. The predicted molar refractivity (Wildman–Crippen MR) is 99.9 cm³/mol. The van der Waals surface area contributed by atoms with Gasteiger partial charge in [-0.15, -0.1) is 11.3 Å². The molecule has 1 aromatic heterocycles. The van der Waals surface area contributed by atoms with E-state index in [1.807, 2.05) is 13.8 Å². The van der Waals surface area contributed by atoms with Crippen molar-refractivity contribution in [2.75, 3.05) is 11.9 Å². The van der Waals surface area contributed by atoms with E-state index in [4.69, 9.17) is 9.88 Å². The number of carbonyl (C=O) groups is 2. The van der Waals surface area contributed by atoms with Gasteiger partial charge in [-0.1, -0.05) is 13.0 Å². The maximum Gasteiger partial charge on any atom is 0.348 e. The molecule has 0 atom stereocenters. The highest BCUT2D eigenvalue weighted by molar-refractivity contribution is 7.89. The Morgan fingerprint density at radius 1 is 1.19 bits per heavy atom. The zero-order chi connectivity index (χ0) is 19.5. The van der Waals surface area contributed by atoms with Crippen LogP contribution >= 0.6 is 11.3 Å². The lowest BCUT2D eigenvalue weighted by atomic mass is 10.2. The largest absolute Gasteiger partial charge is 0.451 e. The molecule has 0 aliphatic carbocycles. The number of hydrogen-bond donors (Lipinski definition) is 2. The van der Waals surface area contributed by atoms with Crippen molar-refractivity contribution in [2.24, 2.45) is 5.14 Å². The number of aryl methyl sites for hydroxylation is 3. The zero-order valence-corrected chi connectivity index (χ0v) is 16.3. The van der Waals surface area contributed by atoms with Gasteiger partial charge in [0.2, 0.25) is 10.0 Å². The SMILES string of the molecule is CCc1sc(C(=O)OCC(=O)Nc2ccc(C)c(S(N)(=O)=O)c2)cc1C. The molecule has 7 nitrogen and oxygen atoms in total. The van der Waals surface area contributed by atoms with Crippen LogP contribution in [0.4, 0.5) is 5.69 Å². The first-order chi connectivity index (χ1) is 12.1. The van der Waals surface area contributed by atoms with E-state index in [2.05, 4.69) is 5.32 Å². The lowest BCUT2D eigenvalue weighted by molar-refractivity contribution is -0.119. The average molecular weight is 396 g/mol. The summed E-state index contributed by atoms with van der Waals surface area (Å²) in [6.07, 6.45) is 0.823. The van der Waals surface area contributed by atoms with Crippen molar-refractivity contribution in [1.29, 1.82) is 0 Å². The monoisotopic (exact) mass is 396 g/mol. The fourth-order valence-corrected chi connectivity index (χ4v) is 4.17. The first kappa shape index (κ1) is 20.1. The Morgan fingerprint density at radius 2 is 1.88 bits per heavy atom. The number of sulfonamides is 1. The van der Waals surface area contributed by atoms with Gasteiger partial charge in [0, 0.05) is 10.6 Å². The number of carbonyl (C=O) groups excluding carboxylic acids is 2. The van der Waals surface area contributed by atoms with E-state index < -0.39 is 28.5 Å². The van der Waals surface area contributed by atoms with Gasteiger partial charge < -0.3 is 10.1 Å². The van der Waals surface area contributed by atoms with E-state index in [0.717, 1.165) is 16.9 Å². The van der Waals surface area contributed by atoms with Crippen LogP contribution in [-0.2, 0) is 26.0 Å².